The minimum absolute atomic E-state index is 0.395. The minimum atomic E-state index is -0.395. The van der Waals surface area contributed by atoms with E-state index in [4.69, 9.17) is 0 Å². The maximum Gasteiger partial charge on any atom is 0.162 e. The molecule has 1 fully saturated rings. The van der Waals surface area contributed by atoms with Gasteiger partial charge in [-0.25, -0.2) is 0 Å². The summed E-state index contributed by atoms with van der Waals surface area (Å²) in [5.41, 5.74) is 1.06. The first kappa shape index (κ1) is 13.0. The molecule has 0 aromatic heterocycles. The number of hydrogen-bond acceptors (Lipinski definition) is 1. The van der Waals surface area contributed by atoms with Crippen LogP contribution >= 0.6 is 0 Å². The number of rotatable bonds is 2. The predicted octanol–water partition coefficient (Wildman–Crippen LogP) is 4.05. The molecule has 0 saturated carbocycles. The summed E-state index contributed by atoms with van der Waals surface area (Å²) >= 11 is 0. The highest BCUT2D eigenvalue weighted by molar-refractivity contribution is 7.97. The first-order valence-corrected chi connectivity index (χ1v) is 8.71. The van der Waals surface area contributed by atoms with Crippen molar-refractivity contribution in [2.75, 3.05) is 11.5 Å². The highest BCUT2D eigenvalue weighted by atomic mass is 32.2. The third-order valence-electron chi connectivity index (χ3n) is 3.96. The SMILES string of the molecule is CC(O)c1ccc([S+]2CCCCC2)c2ccccc12. The second-order valence-electron chi connectivity index (χ2n) is 5.34. The van der Waals surface area contributed by atoms with Gasteiger partial charge in [-0.05, 0) is 49.3 Å². The monoisotopic (exact) mass is 273 g/mol. The molecule has 1 N–H and O–H groups in total. The fourth-order valence-electron chi connectivity index (χ4n) is 2.96. The van der Waals surface area contributed by atoms with Crippen LogP contribution in [-0.2, 0) is 10.9 Å². The highest BCUT2D eigenvalue weighted by Crippen LogP contribution is 2.33. The van der Waals surface area contributed by atoms with Gasteiger partial charge in [-0.2, -0.15) is 0 Å². The van der Waals surface area contributed by atoms with Gasteiger partial charge in [0.1, 0.15) is 11.5 Å². The van der Waals surface area contributed by atoms with Gasteiger partial charge in [-0.1, -0.05) is 24.3 Å². The predicted molar refractivity (Wildman–Crippen MR) is 83.8 cm³/mol. The Kier molecular flexibility index (Phi) is 3.81. The Morgan fingerprint density at radius 2 is 1.63 bits per heavy atom. The van der Waals surface area contributed by atoms with E-state index in [1.54, 1.807) is 0 Å². The molecule has 1 aliphatic heterocycles. The molecular formula is C17H21OS+. The average molecular weight is 273 g/mol. The lowest BCUT2D eigenvalue weighted by Gasteiger charge is -2.17. The molecule has 1 aliphatic rings. The molecule has 1 saturated heterocycles. The van der Waals surface area contributed by atoms with Crippen molar-refractivity contribution < 1.29 is 5.11 Å². The van der Waals surface area contributed by atoms with E-state index in [0.29, 0.717) is 10.9 Å². The zero-order valence-electron chi connectivity index (χ0n) is 11.4. The van der Waals surface area contributed by atoms with E-state index in [0.717, 1.165) is 5.56 Å². The summed E-state index contributed by atoms with van der Waals surface area (Å²) in [6, 6.07) is 12.9. The van der Waals surface area contributed by atoms with E-state index < -0.39 is 6.10 Å². The van der Waals surface area contributed by atoms with Gasteiger partial charge in [0.25, 0.3) is 0 Å². The van der Waals surface area contributed by atoms with Gasteiger partial charge in [0.15, 0.2) is 4.90 Å². The smallest absolute Gasteiger partial charge is 0.162 e. The van der Waals surface area contributed by atoms with Crippen LogP contribution in [0.4, 0.5) is 0 Å². The molecule has 3 rings (SSSR count). The molecule has 1 unspecified atom stereocenters. The van der Waals surface area contributed by atoms with Crippen LogP contribution in [0.5, 0.6) is 0 Å². The lowest BCUT2D eigenvalue weighted by molar-refractivity contribution is 0.201. The Morgan fingerprint density at radius 3 is 2.32 bits per heavy atom. The molecule has 19 heavy (non-hydrogen) atoms. The lowest BCUT2D eigenvalue weighted by atomic mass is 10.0. The standard InChI is InChI=1S/C17H21OS/c1-13(18)14-9-10-17(19-11-5-2-6-12-19)16-8-4-3-7-15(14)16/h3-4,7-10,13,18H,2,5-6,11-12H2,1H3/q+1. The van der Waals surface area contributed by atoms with Crippen LogP contribution < -0.4 is 0 Å². The van der Waals surface area contributed by atoms with Crippen LogP contribution in [0.25, 0.3) is 10.8 Å². The Balaban J connectivity index is 2.13. The molecule has 0 spiro atoms. The number of benzene rings is 2. The third kappa shape index (κ3) is 2.52. The fraction of sp³-hybridized carbons (Fsp3) is 0.412. The van der Waals surface area contributed by atoms with E-state index in [-0.39, 0.29) is 0 Å². The highest BCUT2D eigenvalue weighted by Gasteiger charge is 2.27. The molecule has 2 aromatic carbocycles. The Labute approximate surface area is 118 Å². The van der Waals surface area contributed by atoms with E-state index in [9.17, 15) is 5.11 Å². The van der Waals surface area contributed by atoms with Gasteiger partial charge in [0.2, 0.25) is 0 Å². The van der Waals surface area contributed by atoms with Crippen molar-refractivity contribution in [1.82, 2.24) is 0 Å². The zero-order chi connectivity index (χ0) is 13.2. The van der Waals surface area contributed by atoms with Crippen LogP contribution in [0, 0.1) is 0 Å². The average Bonchev–Trinajstić information content (AvgIpc) is 2.47. The summed E-state index contributed by atoms with van der Waals surface area (Å²) < 4.78 is 0. The summed E-state index contributed by atoms with van der Waals surface area (Å²) in [7, 11) is 0.414. The molecule has 2 aromatic rings. The van der Waals surface area contributed by atoms with E-state index >= 15 is 0 Å². The van der Waals surface area contributed by atoms with Gasteiger partial charge in [0, 0.05) is 16.3 Å². The van der Waals surface area contributed by atoms with Gasteiger partial charge < -0.3 is 5.11 Å². The van der Waals surface area contributed by atoms with E-state index in [1.165, 1.54) is 46.4 Å². The molecule has 1 heterocycles. The number of aliphatic hydroxyl groups is 1. The molecular weight excluding hydrogens is 252 g/mol. The largest absolute Gasteiger partial charge is 0.389 e. The second kappa shape index (κ2) is 5.56. The van der Waals surface area contributed by atoms with Crippen LogP contribution in [0.2, 0.25) is 0 Å². The normalized spacial score (nSPS) is 18.6. The first-order valence-electron chi connectivity index (χ1n) is 7.14. The first-order chi connectivity index (χ1) is 9.27. The summed E-state index contributed by atoms with van der Waals surface area (Å²) in [6.07, 6.45) is 3.74. The van der Waals surface area contributed by atoms with Crippen molar-refractivity contribution >= 4 is 21.7 Å². The third-order valence-corrected chi connectivity index (χ3v) is 6.50. The number of fused-ring (bicyclic) bond motifs is 1. The fourth-order valence-corrected chi connectivity index (χ4v) is 5.46. The molecule has 0 bridgehead atoms. The topological polar surface area (TPSA) is 20.2 Å². The van der Waals surface area contributed by atoms with Crippen LogP contribution in [0.1, 0.15) is 37.9 Å². The maximum atomic E-state index is 9.93. The second-order valence-corrected chi connectivity index (χ2v) is 7.58. The minimum Gasteiger partial charge on any atom is -0.389 e. The maximum absolute atomic E-state index is 9.93. The van der Waals surface area contributed by atoms with Crippen LogP contribution in [0.3, 0.4) is 0 Å². The van der Waals surface area contributed by atoms with Crippen molar-refractivity contribution in [1.29, 1.82) is 0 Å². The quantitative estimate of drug-likeness (QED) is 0.818. The van der Waals surface area contributed by atoms with Crippen molar-refractivity contribution in [2.45, 2.75) is 37.2 Å². The summed E-state index contributed by atoms with van der Waals surface area (Å²) in [6.45, 7) is 1.85. The van der Waals surface area contributed by atoms with E-state index in [1.807, 2.05) is 6.92 Å². The summed E-state index contributed by atoms with van der Waals surface area (Å²) in [5, 5.41) is 12.5. The van der Waals surface area contributed by atoms with E-state index in [2.05, 4.69) is 36.4 Å². The molecule has 0 radical (unpaired) electrons. The van der Waals surface area contributed by atoms with Crippen LogP contribution in [0.15, 0.2) is 41.3 Å². The molecule has 1 atom stereocenters. The van der Waals surface area contributed by atoms with Crippen LogP contribution in [-0.4, -0.2) is 16.6 Å². The zero-order valence-corrected chi connectivity index (χ0v) is 12.2. The summed E-state index contributed by atoms with van der Waals surface area (Å²) in [5.74, 6) is 2.69. The molecule has 100 valence electrons. The Hall–Kier alpha value is -0.990. The Bertz CT molecular complexity index is 570. The number of hydrogen-bond donors (Lipinski definition) is 1. The van der Waals surface area contributed by atoms with Gasteiger partial charge in [-0.3, -0.25) is 0 Å². The Morgan fingerprint density at radius 1 is 0.947 bits per heavy atom. The van der Waals surface area contributed by atoms with Gasteiger partial charge in [-0.15, -0.1) is 0 Å². The molecule has 2 heteroatoms. The van der Waals surface area contributed by atoms with Crippen molar-refractivity contribution in [3.05, 3.63) is 42.0 Å². The van der Waals surface area contributed by atoms with Gasteiger partial charge in [0.05, 0.1) is 6.10 Å². The molecule has 0 amide bonds. The van der Waals surface area contributed by atoms with Crippen molar-refractivity contribution in [2.24, 2.45) is 0 Å². The van der Waals surface area contributed by atoms with Crippen molar-refractivity contribution in [3.8, 4) is 0 Å². The summed E-state index contributed by atoms with van der Waals surface area (Å²) in [4.78, 5) is 1.51. The van der Waals surface area contributed by atoms with Crippen molar-refractivity contribution in [3.63, 3.8) is 0 Å². The van der Waals surface area contributed by atoms with Gasteiger partial charge >= 0.3 is 0 Å². The number of aliphatic hydroxyl groups excluding tert-OH is 1. The lowest BCUT2D eigenvalue weighted by Crippen LogP contribution is -2.18. The molecule has 0 aliphatic carbocycles. The molecule has 1 nitrogen and oxygen atoms in total.